The average molecular weight is 476 g/mol. The predicted octanol–water partition coefficient (Wildman–Crippen LogP) is 4.55. The zero-order valence-electron chi connectivity index (χ0n) is 20.3. The molecule has 1 amide bonds. The van der Waals surface area contributed by atoms with Crippen molar-refractivity contribution in [3.05, 3.63) is 42.0 Å². The van der Waals surface area contributed by atoms with Crippen LogP contribution in [0.4, 0.5) is 0 Å². The highest BCUT2D eigenvalue weighted by atomic mass is 32.2. The van der Waals surface area contributed by atoms with Gasteiger partial charge in [0.2, 0.25) is 15.9 Å². The fourth-order valence-corrected chi connectivity index (χ4v) is 9.22. The van der Waals surface area contributed by atoms with Gasteiger partial charge in [-0.25, -0.2) is 12.7 Å². The molecule has 0 unspecified atom stereocenters. The number of benzene rings is 1. The molecule has 2 aliphatic carbocycles. The van der Waals surface area contributed by atoms with Crippen LogP contribution in [0.3, 0.4) is 0 Å². The molecule has 3 fully saturated rings. The fourth-order valence-electron chi connectivity index (χ4n) is 6.66. The smallest absolute Gasteiger partial charge is 0.238 e. The molecule has 1 aromatic carbocycles. The number of sulfonamides is 1. The van der Waals surface area contributed by atoms with Crippen LogP contribution in [0.15, 0.2) is 36.4 Å². The Kier molecular flexibility index (Phi) is 6.42. The van der Waals surface area contributed by atoms with Gasteiger partial charge in [-0.1, -0.05) is 45.1 Å². The molecule has 1 spiro atoms. The maximum absolute atomic E-state index is 13.2. The molecule has 182 valence electrons. The Labute approximate surface area is 198 Å². The summed E-state index contributed by atoms with van der Waals surface area (Å²) in [7, 11) is -1.92. The molecule has 3 aliphatic rings. The lowest BCUT2D eigenvalue weighted by atomic mass is 9.69. The van der Waals surface area contributed by atoms with E-state index in [0.29, 0.717) is 25.6 Å². The van der Waals surface area contributed by atoms with Gasteiger partial charge in [-0.3, -0.25) is 4.79 Å². The topological polar surface area (TPSA) is 72.9 Å². The van der Waals surface area contributed by atoms with Crippen LogP contribution < -0.4 is 4.74 Å². The number of amides is 1. The van der Waals surface area contributed by atoms with Gasteiger partial charge >= 0.3 is 0 Å². The van der Waals surface area contributed by atoms with Crippen LogP contribution >= 0.6 is 0 Å². The predicted molar refractivity (Wildman–Crippen MR) is 128 cm³/mol. The molecule has 4 atom stereocenters. The van der Waals surface area contributed by atoms with Crippen LogP contribution in [0, 0.1) is 22.7 Å². The van der Waals surface area contributed by atoms with E-state index < -0.39 is 10.0 Å². The average Bonchev–Trinajstić information content (AvgIpc) is 3.21. The lowest BCUT2D eigenvalue weighted by molar-refractivity contribution is -0.129. The van der Waals surface area contributed by atoms with Crippen LogP contribution in [0.25, 0.3) is 0 Å². The highest BCUT2D eigenvalue weighted by Gasteiger charge is 2.72. The van der Waals surface area contributed by atoms with Gasteiger partial charge < -0.3 is 9.47 Å². The summed E-state index contributed by atoms with van der Waals surface area (Å²) in [6, 6.07) is 7.56. The third-order valence-corrected chi connectivity index (χ3v) is 10.5. The Morgan fingerprint density at radius 2 is 1.94 bits per heavy atom. The maximum Gasteiger partial charge on any atom is 0.238 e. The normalized spacial score (nSPS) is 29.6. The van der Waals surface area contributed by atoms with E-state index >= 15 is 0 Å². The van der Waals surface area contributed by atoms with Gasteiger partial charge in [0, 0.05) is 11.8 Å². The first-order chi connectivity index (χ1) is 15.5. The zero-order chi connectivity index (χ0) is 24.0. The van der Waals surface area contributed by atoms with Gasteiger partial charge in [0.05, 0.1) is 32.1 Å². The summed E-state index contributed by atoms with van der Waals surface area (Å²) in [5.41, 5.74) is 1.66. The quantitative estimate of drug-likeness (QED) is 0.490. The van der Waals surface area contributed by atoms with Crippen molar-refractivity contribution in [2.75, 3.05) is 19.5 Å². The first-order valence-corrected chi connectivity index (χ1v) is 13.5. The van der Waals surface area contributed by atoms with Crippen molar-refractivity contribution in [1.82, 2.24) is 4.31 Å². The molecule has 6 nitrogen and oxygen atoms in total. The molecule has 2 saturated carbocycles. The fraction of sp³-hybridized carbons (Fsp3) is 0.654. The van der Waals surface area contributed by atoms with Crippen LogP contribution in [0.2, 0.25) is 0 Å². The Bertz CT molecular complexity index is 1020. The number of hydrogen-bond donors (Lipinski definition) is 0. The van der Waals surface area contributed by atoms with E-state index in [9.17, 15) is 13.2 Å². The lowest BCUT2D eigenvalue weighted by Gasteiger charge is -2.37. The van der Waals surface area contributed by atoms with Crippen LogP contribution in [-0.2, 0) is 26.2 Å². The van der Waals surface area contributed by atoms with Crippen molar-refractivity contribution in [2.45, 2.75) is 65.5 Å². The van der Waals surface area contributed by atoms with E-state index in [1.165, 1.54) is 4.31 Å². The SMILES string of the molecule is C=C(COCc1ccc(OC)cc1)C[C@@H](C)CC(=O)N1[C@@H]2C[C@H]3CC[C@]2(CS1(=O)=O)C3(C)C. The summed E-state index contributed by atoms with van der Waals surface area (Å²) in [5.74, 6) is 1.20. The number of ether oxygens (including phenoxy) is 2. The number of methoxy groups -OCH3 is 1. The van der Waals surface area contributed by atoms with Gasteiger partial charge in [0.25, 0.3) is 0 Å². The van der Waals surface area contributed by atoms with E-state index in [1.807, 2.05) is 31.2 Å². The summed E-state index contributed by atoms with van der Waals surface area (Å²) in [6.45, 7) is 11.4. The first-order valence-electron chi connectivity index (χ1n) is 11.9. The van der Waals surface area contributed by atoms with Crippen molar-refractivity contribution >= 4 is 15.9 Å². The number of hydrogen-bond acceptors (Lipinski definition) is 5. The van der Waals surface area contributed by atoms with E-state index in [2.05, 4.69) is 20.4 Å². The highest BCUT2D eigenvalue weighted by Crippen LogP contribution is 2.70. The molecule has 1 heterocycles. The molecule has 0 radical (unpaired) electrons. The van der Waals surface area contributed by atoms with Crippen molar-refractivity contribution in [1.29, 1.82) is 0 Å². The van der Waals surface area contributed by atoms with E-state index in [1.54, 1.807) is 7.11 Å². The number of carbonyl (C=O) groups excluding carboxylic acids is 1. The van der Waals surface area contributed by atoms with Gasteiger partial charge in [0.15, 0.2) is 0 Å². The van der Waals surface area contributed by atoms with Gasteiger partial charge in [-0.2, -0.15) is 0 Å². The number of carbonyl (C=O) groups is 1. The third-order valence-electron chi connectivity index (χ3n) is 8.55. The molecule has 7 heteroatoms. The molecule has 33 heavy (non-hydrogen) atoms. The van der Waals surface area contributed by atoms with Crippen molar-refractivity contribution in [3.63, 3.8) is 0 Å². The van der Waals surface area contributed by atoms with Crippen molar-refractivity contribution in [2.24, 2.45) is 22.7 Å². The number of fused-ring (bicyclic) bond motifs is 1. The lowest BCUT2D eigenvalue weighted by Crippen LogP contribution is -2.44. The monoisotopic (exact) mass is 475 g/mol. The second kappa shape index (κ2) is 8.73. The van der Waals surface area contributed by atoms with Crippen LogP contribution in [0.1, 0.15) is 58.4 Å². The zero-order valence-corrected chi connectivity index (χ0v) is 21.1. The van der Waals surface area contributed by atoms with Crippen LogP contribution in [0.5, 0.6) is 5.75 Å². The summed E-state index contributed by atoms with van der Waals surface area (Å²) in [5, 5.41) is 0. The minimum absolute atomic E-state index is 0.00735. The molecule has 1 aromatic rings. The molecule has 0 aromatic heterocycles. The standard InChI is InChI=1S/C26H37NO5S/c1-18(12-19(2)15-32-16-20-6-8-22(31-5)9-7-20)13-24(28)27-23-14-21-10-11-26(23,25(21,3)4)17-33(27,29)30/h6-9,18,21,23H,2,10-17H2,1,3-5H3/t18-,21-,23-,26-/m1/s1. The molecular weight excluding hydrogens is 438 g/mol. The minimum Gasteiger partial charge on any atom is -0.497 e. The van der Waals surface area contributed by atoms with Crippen molar-refractivity contribution in [3.8, 4) is 5.75 Å². The third kappa shape index (κ3) is 4.23. The highest BCUT2D eigenvalue weighted by molar-refractivity contribution is 7.90. The molecule has 1 aliphatic heterocycles. The maximum atomic E-state index is 13.2. The first kappa shape index (κ1) is 24.3. The van der Waals surface area contributed by atoms with Crippen LogP contribution in [-0.4, -0.2) is 44.1 Å². The Hall–Kier alpha value is -1.86. The molecular formula is C26H37NO5S. The molecule has 0 N–H and O–H groups in total. The summed E-state index contributed by atoms with van der Waals surface area (Å²) in [4.78, 5) is 13.2. The van der Waals surface area contributed by atoms with Gasteiger partial charge in [-0.15, -0.1) is 0 Å². The Morgan fingerprint density at radius 3 is 2.58 bits per heavy atom. The van der Waals surface area contributed by atoms with Gasteiger partial charge in [0.1, 0.15) is 5.75 Å². The van der Waals surface area contributed by atoms with Gasteiger partial charge in [-0.05, 0) is 60.6 Å². The number of nitrogens with zero attached hydrogens (tertiary/aromatic N) is 1. The van der Waals surface area contributed by atoms with E-state index in [4.69, 9.17) is 9.47 Å². The Morgan fingerprint density at radius 1 is 1.24 bits per heavy atom. The second-order valence-corrected chi connectivity index (χ2v) is 12.8. The largest absolute Gasteiger partial charge is 0.497 e. The van der Waals surface area contributed by atoms with Crippen molar-refractivity contribution < 1.29 is 22.7 Å². The summed E-state index contributed by atoms with van der Waals surface area (Å²) < 4.78 is 38.4. The summed E-state index contributed by atoms with van der Waals surface area (Å²) in [6.07, 6.45) is 3.66. The Balaban J connectivity index is 1.29. The summed E-state index contributed by atoms with van der Waals surface area (Å²) >= 11 is 0. The second-order valence-electron chi connectivity index (χ2n) is 10.9. The minimum atomic E-state index is -3.56. The molecule has 1 saturated heterocycles. The van der Waals surface area contributed by atoms with E-state index in [-0.39, 0.29) is 40.9 Å². The molecule has 2 bridgehead atoms. The molecule has 4 rings (SSSR count). The number of rotatable bonds is 9. The van der Waals surface area contributed by atoms with E-state index in [0.717, 1.165) is 36.1 Å².